The van der Waals surface area contributed by atoms with E-state index in [2.05, 4.69) is 15.4 Å². The fraction of sp³-hybridized carbons (Fsp3) is 0. The Morgan fingerprint density at radius 1 is 1.00 bits per heavy atom. The number of ether oxygens (including phenoxy) is 1. The number of carbonyl (C=O) groups excluding carboxylic acids is 1. The molecule has 1 aromatic heterocycles. The van der Waals surface area contributed by atoms with Gasteiger partial charge in [0.15, 0.2) is 0 Å². The van der Waals surface area contributed by atoms with Gasteiger partial charge < -0.3 is 15.6 Å². The summed E-state index contributed by atoms with van der Waals surface area (Å²) in [6.07, 6.45) is 0. The molecule has 24 heavy (non-hydrogen) atoms. The monoisotopic (exact) mass is 324 g/mol. The molecule has 0 aliphatic heterocycles. The molecule has 3 aromatic rings. The predicted octanol–water partition coefficient (Wildman–Crippen LogP) is 2.06. The van der Waals surface area contributed by atoms with E-state index in [9.17, 15) is 9.59 Å². The summed E-state index contributed by atoms with van der Waals surface area (Å²) in [4.78, 5) is 22.0. The van der Waals surface area contributed by atoms with Crippen molar-refractivity contribution in [2.45, 2.75) is 0 Å². The van der Waals surface area contributed by atoms with Crippen LogP contribution in [0.3, 0.4) is 0 Å². The van der Waals surface area contributed by atoms with E-state index in [1.807, 2.05) is 0 Å². The number of amides is 1. The summed E-state index contributed by atoms with van der Waals surface area (Å²) in [5, 5.41) is 18.2. The maximum Gasteiger partial charge on any atom is 0.362 e. The molecule has 120 valence electrons. The lowest BCUT2D eigenvalue weighted by Crippen LogP contribution is -2.10. The quantitative estimate of drug-likeness (QED) is 0.658. The van der Waals surface area contributed by atoms with E-state index in [0.717, 1.165) is 11.1 Å². The van der Waals surface area contributed by atoms with Crippen LogP contribution in [-0.2, 0) is 0 Å². The minimum Gasteiger partial charge on any atom is -0.476 e. The van der Waals surface area contributed by atoms with E-state index < -0.39 is 11.9 Å². The van der Waals surface area contributed by atoms with Gasteiger partial charge in [-0.3, -0.25) is 4.79 Å². The Balaban J connectivity index is 1.79. The van der Waals surface area contributed by atoms with Gasteiger partial charge in [0.25, 0.3) is 5.88 Å². The number of aromatic nitrogens is 3. The number of benzene rings is 2. The van der Waals surface area contributed by atoms with Crippen LogP contribution < -0.4 is 10.5 Å². The first-order chi connectivity index (χ1) is 11.5. The zero-order valence-electron chi connectivity index (χ0n) is 12.3. The van der Waals surface area contributed by atoms with Crippen molar-refractivity contribution in [1.82, 2.24) is 15.4 Å². The van der Waals surface area contributed by atoms with Crippen LogP contribution >= 0.6 is 0 Å². The van der Waals surface area contributed by atoms with Crippen molar-refractivity contribution in [3.8, 4) is 22.8 Å². The zero-order chi connectivity index (χ0) is 17.1. The fourth-order valence-electron chi connectivity index (χ4n) is 2.09. The third kappa shape index (κ3) is 3.07. The molecule has 0 fully saturated rings. The number of aromatic carboxylic acids is 1. The number of nitrogens with two attached hydrogens (primary N) is 1. The Kier molecular flexibility index (Phi) is 3.94. The number of H-pyrrole nitrogens is 1. The van der Waals surface area contributed by atoms with Crippen LogP contribution in [0, 0.1) is 0 Å². The number of hydrogen-bond acceptors (Lipinski definition) is 5. The van der Waals surface area contributed by atoms with Gasteiger partial charge in [0, 0.05) is 5.56 Å². The van der Waals surface area contributed by atoms with Crippen molar-refractivity contribution in [3.05, 3.63) is 59.8 Å². The molecule has 0 radical (unpaired) electrons. The lowest BCUT2D eigenvalue weighted by atomic mass is 10.0. The van der Waals surface area contributed by atoms with Crippen molar-refractivity contribution in [2.24, 2.45) is 5.73 Å². The molecule has 4 N–H and O–H groups in total. The molecule has 0 spiro atoms. The second kappa shape index (κ2) is 6.21. The summed E-state index contributed by atoms with van der Waals surface area (Å²) in [5.41, 5.74) is 7.16. The molecule has 0 saturated carbocycles. The third-order valence-electron chi connectivity index (χ3n) is 3.30. The Bertz CT molecular complexity index is 885. The van der Waals surface area contributed by atoms with Crippen LogP contribution in [0.25, 0.3) is 11.1 Å². The van der Waals surface area contributed by atoms with Gasteiger partial charge in [0.2, 0.25) is 11.6 Å². The molecule has 1 heterocycles. The highest BCUT2D eigenvalue weighted by atomic mass is 16.5. The van der Waals surface area contributed by atoms with Crippen LogP contribution in [-0.4, -0.2) is 32.4 Å². The molecule has 2 aromatic carbocycles. The fourth-order valence-corrected chi connectivity index (χ4v) is 2.09. The number of carboxylic acids is 1. The van der Waals surface area contributed by atoms with Gasteiger partial charge in [-0.15, -0.1) is 5.10 Å². The summed E-state index contributed by atoms with van der Waals surface area (Å²) in [7, 11) is 0. The van der Waals surface area contributed by atoms with E-state index in [-0.39, 0.29) is 11.6 Å². The van der Waals surface area contributed by atoms with Gasteiger partial charge in [-0.05, 0) is 35.4 Å². The lowest BCUT2D eigenvalue weighted by molar-refractivity contribution is 0.0687. The van der Waals surface area contributed by atoms with Crippen LogP contribution in [0.15, 0.2) is 48.5 Å². The number of carboxylic acid groups (broad SMARTS) is 1. The molecule has 0 unspecified atom stereocenters. The number of hydrogen-bond donors (Lipinski definition) is 3. The summed E-state index contributed by atoms with van der Waals surface area (Å²) in [5.74, 6) is -1.32. The average Bonchev–Trinajstić information content (AvgIpc) is 3.04. The molecule has 0 aliphatic carbocycles. The zero-order valence-corrected chi connectivity index (χ0v) is 12.3. The molecular weight excluding hydrogens is 312 g/mol. The average molecular weight is 324 g/mol. The summed E-state index contributed by atoms with van der Waals surface area (Å²) in [6, 6.07) is 13.9. The highest BCUT2D eigenvalue weighted by Crippen LogP contribution is 2.26. The van der Waals surface area contributed by atoms with E-state index in [4.69, 9.17) is 15.6 Å². The summed E-state index contributed by atoms with van der Waals surface area (Å²) in [6.45, 7) is 0. The molecule has 3 rings (SSSR count). The molecule has 0 bridgehead atoms. The van der Waals surface area contributed by atoms with Gasteiger partial charge in [0.1, 0.15) is 5.75 Å². The van der Waals surface area contributed by atoms with Gasteiger partial charge in [0.05, 0.1) is 0 Å². The largest absolute Gasteiger partial charge is 0.476 e. The Labute approximate surface area is 135 Å². The Morgan fingerprint density at radius 2 is 1.58 bits per heavy atom. The maximum absolute atomic E-state index is 11.1. The van der Waals surface area contributed by atoms with Crippen molar-refractivity contribution >= 4 is 11.9 Å². The Morgan fingerprint density at radius 3 is 2.12 bits per heavy atom. The number of nitrogens with one attached hydrogen (secondary N) is 1. The Hall–Kier alpha value is -3.68. The highest BCUT2D eigenvalue weighted by Gasteiger charge is 2.16. The third-order valence-corrected chi connectivity index (χ3v) is 3.30. The standard InChI is InChI=1S/C16H12N4O4/c17-14(21)11-3-1-9(2-4-11)10-5-7-12(8-6-10)24-15-13(16(22)23)18-20-19-15/h1-8H,(H2,17,21)(H,22,23)(H,18,19,20). The molecule has 0 aliphatic rings. The van der Waals surface area contributed by atoms with Gasteiger partial charge in [-0.1, -0.05) is 29.5 Å². The van der Waals surface area contributed by atoms with Gasteiger partial charge >= 0.3 is 5.97 Å². The number of rotatable bonds is 5. The van der Waals surface area contributed by atoms with Crippen LogP contribution in [0.5, 0.6) is 11.6 Å². The van der Waals surface area contributed by atoms with Gasteiger partial charge in [-0.2, -0.15) is 0 Å². The summed E-state index contributed by atoms with van der Waals surface area (Å²) < 4.78 is 5.43. The van der Waals surface area contributed by atoms with E-state index in [0.29, 0.717) is 11.3 Å². The summed E-state index contributed by atoms with van der Waals surface area (Å²) >= 11 is 0. The van der Waals surface area contributed by atoms with Gasteiger partial charge in [-0.25, -0.2) is 9.89 Å². The molecule has 8 nitrogen and oxygen atoms in total. The van der Waals surface area contributed by atoms with E-state index in [1.165, 1.54) is 0 Å². The minimum atomic E-state index is -1.23. The smallest absolute Gasteiger partial charge is 0.362 e. The van der Waals surface area contributed by atoms with Crippen molar-refractivity contribution in [1.29, 1.82) is 0 Å². The second-order valence-corrected chi connectivity index (χ2v) is 4.86. The molecule has 1 amide bonds. The number of carbonyl (C=O) groups is 2. The second-order valence-electron chi connectivity index (χ2n) is 4.86. The molecule has 8 heteroatoms. The minimum absolute atomic E-state index is 0.0407. The van der Waals surface area contributed by atoms with E-state index >= 15 is 0 Å². The van der Waals surface area contributed by atoms with Crippen molar-refractivity contribution < 1.29 is 19.4 Å². The van der Waals surface area contributed by atoms with Crippen molar-refractivity contribution in [3.63, 3.8) is 0 Å². The maximum atomic E-state index is 11.1. The first-order valence-corrected chi connectivity index (χ1v) is 6.87. The van der Waals surface area contributed by atoms with Crippen molar-refractivity contribution in [2.75, 3.05) is 0 Å². The van der Waals surface area contributed by atoms with E-state index in [1.54, 1.807) is 48.5 Å². The first kappa shape index (κ1) is 15.2. The normalized spacial score (nSPS) is 10.3. The topological polar surface area (TPSA) is 131 Å². The number of nitrogens with zero attached hydrogens (tertiary/aromatic N) is 2. The highest BCUT2D eigenvalue weighted by molar-refractivity contribution is 5.93. The van der Waals surface area contributed by atoms with Crippen LogP contribution in [0.1, 0.15) is 20.8 Å². The molecule has 0 atom stereocenters. The van der Waals surface area contributed by atoms with Crippen LogP contribution in [0.4, 0.5) is 0 Å². The molecule has 0 saturated heterocycles. The number of primary amides is 1. The predicted molar refractivity (Wildman–Crippen MR) is 83.8 cm³/mol. The molecular formula is C16H12N4O4. The lowest BCUT2D eigenvalue weighted by Gasteiger charge is -2.06. The first-order valence-electron chi connectivity index (χ1n) is 6.87. The SMILES string of the molecule is NC(=O)c1ccc(-c2ccc(Oc3[nH]nnc3C(=O)O)cc2)cc1. The number of aromatic amines is 1. The van der Waals surface area contributed by atoms with Crippen LogP contribution in [0.2, 0.25) is 0 Å².